The van der Waals surface area contributed by atoms with Crippen LogP contribution in [0.3, 0.4) is 0 Å². The highest BCUT2D eigenvalue weighted by atomic mass is 128. The molecule has 0 saturated heterocycles. The molecule has 5 N–H and O–H groups in total. The molecule has 5 aromatic rings. The molecule has 0 aromatic heterocycles. The van der Waals surface area contributed by atoms with Crippen LogP contribution in [-0.2, 0) is 58.7 Å². The Morgan fingerprint density at radius 3 is 1.17 bits per heavy atom. The number of hydrogen-bond donors (Lipinski definition) is 3. The van der Waals surface area contributed by atoms with Crippen molar-refractivity contribution in [2.24, 2.45) is 16.9 Å². The summed E-state index contributed by atoms with van der Waals surface area (Å²) >= 11 is 4.24. The largest absolute Gasteiger partial charge is 0.333 e. The van der Waals surface area contributed by atoms with Crippen LogP contribution in [0.15, 0.2) is 121 Å². The summed E-state index contributed by atoms with van der Waals surface area (Å²) in [6.07, 6.45) is 10.7. The van der Waals surface area contributed by atoms with Crippen LogP contribution < -0.4 is 16.8 Å². The van der Waals surface area contributed by atoms with Crippen molar-refractivity contribution in [2.75, 3.05) is 21.1 Å². The zero-order valence-corrected chi connectivity index (χ0v) is 59.1. The molecule has 0 amide bonds. The van der Waals surface area contributed by atoms with Gasteiger partial charge in [0.1, 0.15) is 5.78 Å². The van der Waals surface area contributed by atoms with Crippen LogP contribution >= 0.6 is 37.2 Å². The van der Waals surface area contributed by atoms with Crippen molar-refractivity contribution in [3.05, 3.63) is 188 Å². The predicted molar refractivity (Wildman–Crippen MR) is 399 cm³/mol. The Bertz CT molecular complexity index is 2520. The third kappa shape index (κ3) is 24.4. The fourth-order valence-corrected chi connectivity index (χ4v) is 10.7. The molecule has 10 rings (SSSR count). The van der Waals surface area contributed by atoms with Gasteiger partial charge in [-0.15, -0.1) is 0 Å². The average molecular weight is 1390 g/mol. The number of nitrogens with two attached hydrogens (primary N) is 2. The molecule has 4 unspecified atom stereocenters. The van der Waals surface area contributed by atoms with Crippen LogP contribution in [0.2, 0.25) is 0 Å². The van der Waals surface area contributed by atoms with Crippen LogP contribution in [0.1, 0.15) is 261 Å². The summed E-state index contributed by atoms with van der Waals surface area (Å²) < 4.78 is 0. The molecule has 8 heteroatoms. The van der Waals surface area contributed by atoms with Crippen LogP contribution in [0.5, 0.6) is 0 Å². The van der Waals surface area contributed by atoms with Crippen LogP contribution in [-0.4, -0.2) is 38.2 Å². The van der Waals surface area contributed by atoms with Gasteiger partial charge >= 0.3 is 0 Å². The highest BCUT2D eigenvalue weighted by molar-refractivity contribution is 15.0. The van der Waals surface area contributed by atoms with Gasteiger partial charge in [0, 0.05) is 79.1 Å². The van der Waals surface area contributed by atoms with E-state index in [-0.39, 0.29) is 57.4 Å². The number of ketones is 2. The molecule has 5 aliphatic rings. The maximum absolute atomic E-state index is 11.5. The van der Waals surface area contributed by atoms with E-state index in [1.54, 1.807) is 18.1 Å². The number of nitrogens with one attached hydrogen (secondary N) is 1. The Balaban J connectivity index is -0.000000165. The first-order valence-corrected chi connectivity index (χ1v) is 36.4. The molecular formula is C76H130I2N4O2. The van der Waals surface area contributed by atoms with E-state index in [0.29, 0.717) is 23.0 Å². The van der Waals surface area contributed by atoms with E-state index in [1.807, 2.05) is 119 Å². The molecule has 6 nitrogen and oxygen atoms in total. The van der Waals surface area contributed by atoms with Gasteiger partial charge in [0.05, 0.1) is 5.41 Å². The van der Waals surface area contributed by atoms with Crippen LogP contribution in [0.4, 0.5) is 0 Å². The van der Waals surface area contributed by atoms with Crippen molar-refractivity contribution in [2.45, 2.75) is 260 Å². The number of likely N-dealkylation sites (N-methyl/N-ethyl adjacent to an activating group) is 1. The minimum Gasteiger partial charge on any atom is -0.333 e. The molecule has 0 heterocycles. The van der Waals surface area contributed by atoms with E-state index >= 15 is 0 Å². The van der Waals surface area contributed by atoms with Crippen molar-refractivity contribution in [3.63, 3.8) is 0 Å². The van der Waals surface area contributed by atoms with E-state index in [2.05, 4.69) is 200 Å². The number of fused-ring (bicyclic) bond motifs is 5. The molecule has 0 fully saturated rings. The highest BCUT2D eigenvalue weighted by Crippen LogP contribution is 2.50. The third-order valence-electron chi connectivity index (χ3n) is 16.6. The molecule has 5 aromatic carbocycles. The normalized spacial score (nSPS) is 19.0. The molecule has 5 aliphatic carbocycles. The van der Waals surface area contributed by atoms with Gasteiger partial charge in [-0.3, -0.25) is 9.59 Å². The van der Waals surface area contributed by atoms with Gasteiger partial charge < -0.3 is 21.6 Å². The second-order valence-electron chi connectivity index (χ2n) is 21.3. The summed E-state index contributed by atoms with van der Waals surface area (Å²) in [5.41, 5.74) is 23.2. The van der Waals surface area contributed by atoms with E-state index in [1.165, 1.54) is 78.7 Å². The van der Waals surface area contributed by atoms with Crippen molar-refractivity contribution in [1.82, 2.24) is 5.32 Å². The summed E-state index contributed by atoms with van der Waals surface area (Å²) in [6.45, 7) is 49.4. The molecule has 0 aliphatic heterocycles. The maximum atomic E-state index is 11.5. The second-order valence-corrected chi connectivity index (χ2v) is 21.3. The zero-order chi connectivity index (χ0) is 62.6. The Labute approximate surface area is 545 Å². The van der Waals surface area contributed by atoms with Gasteiger partial charge in [0.25, 0.3) is 5.54 Å². The minimum absolute atomic E-state index is 0. The Kier molecular flexibility index (Phi) is 54.0. The summed E-state index contributed by atoms with van der Waals surface area (Å²) in [6, 6.07) is 42.2. The number of benzene rings is 5. The quantitative estimate of drug-likeness (QED) is 0.123. The molecule has 0 bridgehead atoms. The first kappa shape index (κ1) is 94.0. The number of halogens is 2. The Morgan fingerprint density at radius 2 is 0.786 bits per heavy atom. The van der Waals surface area contributed by atoms with Crippen molar-refractivity contribution in [1.29, 1.82) is 0 Å². The highest BCUT2D eigenvalue weighted by Gasteiger charge is 2.46. The molecule has 480 valence electrons. The lowest BCUT2D eigenvalue weighted by Gasteiger charge is -2.42. The lowest BCUT2D eigenvalue weighted by Crippen LogP contribution is -2.52. The van der Waals surface area contributed by atoms with Crippen molar-refractivity contribution < 1.29 is 9.59 Å². The first-order chi connectivity index (χ1) is 38.2. The number of hydrogen-bond acceptors (Lipinski definition) is 5. The van der Waals surface area contributed by atoms with E-state index < -0.39 is 0 Å². The van der Waals surface area contributed by atoms with Crippen LogP contribution in [0.25, 0.3) is 4.85 Å². The van der Waals surface area contributed by atoms with Crippen molar-refractivity contribution in [3.8, 4) is 0 Å². The molecule has 0 radical (unpaired) electrons. The predicted octanol–water partition coefficient (Wildman–Crippen LogP) is 22.5. The lowest BCUT2D eigenvalue weighted by atomic mass is 9.65. The average Bonchev–Trinajstić information content (AvgIpc) is 4.55. The van der Waals surface area contributed by atoms with E-state index in [0.717, 1.165) is 37.7 Å². The summed E-state index contributed by atoms with van der Waals surface area (Å²) in [5.74, 6) is 0.591. The van der Waals surface area contributed by atoms with Gasteiger partial charge in [0.2, 0.25) is 0 Å². The molecular weight excluding hydrogens is 1250 g/mol. The van der Waals surface area contributed by atoms with Gasteiger partial charge in [0.15, 0.2) is 5.78 Å². The zero-order valence-electron chi connectivity index (χ0n) is 54.8. The Morgan fingerprint density at radius 1 is 0.476 bits per heavy atom. The van der Waals surface area contributed by atoms with E-state index in [4.69, 9.17) is 6.57 Å². The molecule has 84 heavy (non-hydrogen) atoms. The molecule has 0 saturated carbocycles. The van der Waals surface area contributed by atoms with Gasteiger partial charge in [-0.05, 0) is 156 Å². The number of Topliss-reactive ketones (excluding diaryl/α,β-unsaturated/α-hetero) is 2. The standard InChI is InChI=1S/C14H21N.C14H20.C12H14O.C11H11N.C9H8O.5C2H6.2CH5N.4CH4.I2/c1-13(2,15-4)14(3)10-9-11-7-5-6-8-12(11)14;1-13(2,3)14(4)10-9-11-7-5-6-8-12(11)14;1-9(13)12(2)8-7-10-5-3-4-6-11(10)12;1-11(12-2)8-7-9-5-3-4-6-10(9)11;10-9-6-5-7-3-1-2-4-8(7)9;7*1-2;;;;;1-2/h5-8,15H,9-10H2,1-4H3;5-8H,9-10H2,1-4H3;3-6H,7-8H2,1-2H3;3-6H,7-8H2,1H3;1-4H,5-6H2;5*1-2H3;2*2H2,1H3;4*1H4;. The van der Waals surface area contributed by atoms with Gasteiger partial charge in [-0.25, -0.2) is 6.57 Å². The number of rotatable bonds is 3. The fourth-order valence-electron chi connectivity index (χ4n) is 10.7. The number of carbonyl (C=O) groups is 2. The lowest BCUT2D eigenvalue weighted by molar-refractivity contribution is -0.121. The van der Waals surface area contributed by atoms with E-state index in [9.17, 15) is 9.59 Å². The smallest absolute Gasteiger partial charge is 0.255 e. The fraction of sp³-hybridized carbons (Fsp3) is 0.566. The minimum atomic E-state index is -0.239. The summed E-state index contributed by atoms with van der Waals surface area (Å²) in [4.78, 5) is 26.3. The van der Waals surface area contributed by atoms with Gasteiger partial charge in [-0.1, -0.05) is 255 Å². The topological polar surface area (TPSA) is 103 Å². The molecule has 4 atom stereocenters. The Hall–Kier alpha value is -3.73. The monoisotopic (exact) mass is 1380 g/mol. The maximum Gasteiger partial charge on any atom is 0.255 e. The SMILES string of the molecule is C.C.C.C.CC.CC.CC.CC.CC.CC(=O)C1(C)CCc2ccccc21.CC(C)(C)C1(C)CCc2ccccc21.CN.CN.CNC(C)(C)C1(C)CCc2ccccc21.II.O=C1CCc2ccccc21.[C-]#[N+]C1(C)CCc2ccccc21. The second kappa shape index (κ2) is 48.3. The van der Waals surface area contributed by atoms with Crippen molar-refractivity contribution >= 4 is 48.8 Å². The van der Waals surface area contributed by atoms with Crippen LogP contribution in [0, 0.1) is 12.0 Å². The summed E-state index contributed by atoms with van der Waals surface area (Å²) in [5, 5.41) is 3.46. The number of carbonyl (C=O) groups excluding carboxylic acids is 2. The third-order valence-corrected chi connectivity index (χ3v) is 16.6. The number of nitrogens with zero attached hydrogens (tertiary/aromatic N) is 1. The molecule has 0 spiro atoms. The van der Waals surface area contributed by atoms with Gasteiger partial charge in [-0.2, -0.15) is 0 Å². The number of aryl methyl sites for hydroxylation is 5. The first-order valence-electron chi connectivity index (χ1n) is 30.1. The summed E-state index contributed by atoms with van der Waals surface area (Å²) in [7, 11) is 5.06.